The number of aliphatic hydroxyl groups is 1. The minimum atomic E-state index is -0.125. The van der Waals surface area contributed by atoms with Crippen LogP contribution in [0.15, 0.2) is 30.4 Å². The fourth-order valence-electron chi connectivity index (χ4n) is 4.02. The number of amides is 1. The number of nitrogens with zero attached hydrogens (tertiary/aromatic N) is 4. The summed E-state index contributed by atoms with van der Waals surface area (Å²) in [5.74, 6) is 1.87. The number of benzene rings is 1. The van der Waals surface area contributed by atoms with Gasteiger partial charge in [-0.1, -0.05) is 49.7 Å². The van der Waals surface area contributed by atoms with Crippen molar-refractivity contribution < 1.29 is 15.0 Å². The Kier molecular flexibility index (Phi) is 9.07. The van der Waals surface area contributed by atoms with E-state index < -0.39 is 0 Å². The van der Waals surface area contributed by atoms with Gasteiger partial charge in [0.05, 0.1) is 22.0 Å². The fraction of sp³-hybridized carbons (Fsp3) is 0.423. The largest absolute Gasteiger partial charge is 0.507 e. The summed E-state index contributed by atoms with van der Waals surface area (Å²) in [4.78, 5) is 24.4. The van der Waals surface area contributed by atoms with Crippen LogP contribution in [0.3, 0.4) is 0 Å². The van der Waals surface area contributed by atoms with E-state index in [-0.39, 0.29) is 11.9 Å². The molecule has 0 saturated carbocycles. The molecule has 182 valence electrons. The first-order valence-electron chi connectivity index (χ1n) is 11.7. The van der Waals surface area contributed by atoms with Gasteiger partial charge < -0.3 is 20.0 Å². The van der Waals surface area contributed by atoms with Crippen LogP contribution >= 0.6 is 11.6 Å². The minimum Gasteiger partial charge on any atom is -0.507 e. The number of phenols is 1. The maximum absolute atomic E-state index is 11.0. The van der Waals surface area contributed by atoms with Crippen molar-refractivity contribution in [2.75, 3.05) is 31.1 Å². The third-order valence-electron chi connectivity index (χ3n) is 5.59. The third kappa shape index (κ3) is 6.58. The van der Waals surface area contributed by atoms with Gasteiger partial charge in [0, 0.05) is 31.4 Å². The van der Waals surface area contributed by atoms with Gasteiger partial charge in [-0.25, -0.2) is 9.97 Å². The first-order valence-corrected chi connectivity index (χ1v) is 12.0. The summed E-state index contributed by atoms with van der Waals surface area (Å²) >= 11 is 6.33. The molecular formula is C26H33ClN4O3. The monoisotopic (exact) mass is 484 g/mol. The highest BCUT2D eigenvalue weighted by Crippen LogP contribution is 2.33. The van der Waals surface area contributed by atoms with Crippen LogP contribution < -0.4 is 15.5 Å². The molecule has 7 nitrogen and oxygen atoms in total. The van der Waals surface area contributed by atoms with E-state index in [9.17, 15) is 9.90 Å². The number of hydrogen-bond acceptors (Lipinski definition) is 6. The molecule has 8 heteroatoms. The quantitative estimate of drug-likeness (QED) is 0.634. The molecule has 1 atom stereocenters. The Bertz CT molecular complexity index is 1110. The number of aromatic hydroxyl groups is 1. The summed E-state index contributed by atoms with van der Waals surface area (Å²) in [6.07, 6.45) is 10.6. The molecule has 1 saturated heterocycles. The van der Waals surface area contributed by atoms with Crippen LogP contribution in [0.25, 0.3) is 23.5 Å². The van der Waals surface area contributed by atoms with E-state index in [0.717, 1.165) is 35.6 Å². The lowest BCUT2D eigenvalue weighted by Crippen LogP contribution is -2.49. The molecule has 1 aromatic heterocycles. The second kappa shape index (κ2) is 12.0. The Morgan fingerprint density at radius 2 is 1.88 bits per heavy atom. The number of aromatic nitrogens is 2. The lowest BCUT2D eigenvalue weighted by Gasteiger charge is -2.33. The topological polar surface area (TPSA) is 89.8 Å². The first kappa shape index (κ1) is 25.7. The summed E-state index contributed by atoms with van der Waals surface area (Å²) in [6.45, 7) is 8.70. The Labute approximate surface area is 205 Å². The SMILES string of the molecule is CC(C)CC(C)O.O=CN1CCN(c2nc(-c3c(O)cccc3Cl)nc3c2=CC=CCC=3)CC1. The number of phenolic OH excluding ortho intramolecular Hbond substituents is 1. The molecule has 34 heavy (non-hydrogen) atoms. The number of aliphatic hydroxyl groups excluding tert-OH is 1. The molecule has 0 radical (unpaired) electrons. The van der Waals surface area contributed by atoms with Crippen LogP contribution in [0, 0.1) is 5.92 Å². The molecule has 1 amide bonds. The van der Waals surface area contributed by atoms with Crippen LogP contribution in [0.5, 0.6) is 5.75 Å². The lowest BCUT2D eigenvalue weighted by molar-refractivity contribution is -0.118. The molecule has 0 spiro atoms. The maximum atomic E-state index is 11.0. The minimum absolute atomic E-state index is 0.0508. The molecule has 1 aliphatic heterocycles. The number of rotatable bonds is 5. The number of hydrogen-bond donors (Lipinski definition) is 2. The van der Waals surface area contributed by atoms with Gasteiger partial charge in [-0.3, -0.25) is 4.79 Å². The van der Waals surface area contributed by atoms with Gasteiger partial charge in [-0.2, -0.15) is 0 Å². The van der Waals surface area contributed by atoms with E-state index in [0.29, 0.717) is 48.5 Å². The Balaban J connectivity index is 0.000000406. The van der Waals surface area contributed by atoms with Crippen molar-refractivity contribution in [2.45, 2.75) is 39.7 Å². The highest BCUT2D eigenvalue weighted by atomic mass is 35.5. The lowest BCUT2D eigenvalue weighted by atomic mass is 10.1. The molecule has 1 unspecified atom stereocenters. The second-order valence-electron chi connectivity index (χ2n) is 8.95. The molecule has 2 aromatic rings. The summed E-state index contributed by atoms with van der Waals surface area (Å²) in [5, 5.41) is 21.2. The average molecular weight is 485 g/mol. The van der Waals surface area contributed by atoms with Gasteiger partial charge in [0.15, 0.2) is 5.82 Å². The smallest absolute Gasteiger partial charge is 0.209 e. The Morgan fingerprint density at radius 1 is 1.15 bits per heavy atom. The summed E-state index contributed by atoms with van der Waals surface area (Å²) < 4.78 is 0. The standard InChI is InChI=1S/C20H19ClN4O2.C6H14O/c21-15-6-4-8-17(27)18(15)19-22-16-7-3-1-2-5-14(16)20(23-19)25-11-9-24(13-26)10-12-25;1-5(2)4-6(3)7/h1-2,4-8,13,27H,3,9-12H2;5-7H,4H2,1-3H3. The Hall–Kier alpha value is -2.90. The van der Waals surface area contributed by atoms with Crippen LogP contribution in [-0.2, 0) is 4.79 Å². The number of allylic oxidation sites excluding steroid dienone is 2. The number of carbonyl (C=O) groups excluding carboxylic acids is 1. The molecule has 1 aromatic carbocycles. The number of anilines is 1. The second-order valence-corrected chi connectivity index (χ2v) is 9.35. The Morgan fingerprint density at radius 3 is 2.47 bits per heavy atom. The third-order valence-corrected chi connectivity index (χ3v) is 5.91. The van der Waals surface area contributed by atoms with Crippen molar-refractivity contribution in [3.05, 3.63) is 45.9 Å². The van der Waals surface area contributed by atoms with Crippen molar-refractivity contribution in [1.82, 2.24) is 14.9 Å². The van der Waals surface area contributed by atoms with Crippen LogP contribution in [0.4, 0.5) is 5.82 Å². The van der Waals surface area contributed by atoms with Crippen molar-refractivity contribution >= 4 is 36.0 Å². The average Bonchev–Trinajstić information content (AvgIpc) is 3.04. The molecule has 0 bridgehead atoms. The van der Waals surface area contributed by atoms with Gasteiger partial charge >= 0.3 is 0 Å². The summed E-state index contributed by atoms with van der Waals surface area (Å²) in [5.41, 5.74) is 0.431. The van der Waals surface area contributed by atoms with E-state index >= 15 is 0 Å². The summed E-state index contributed by atoms with van der Waals surface area (Å²) in [6, 6.07) is 4.98. The highest BCUT2D eigenvalue weighted by molar-refractivity contribution is 6.33. The molecule has 1 fully saturated rings. The molecule has 2 heterocycles. The highest BCUT2D eigenvalue weighted by Gasteiger charge is 2.21. The zero-order chi connectivity index (χ0) is 24.7. The molecule has 2 aliphatic rings. The number of halogens is 1. The van der Waals surface area contributed by atoms with Crippen molar-refractivity contribution in [3.63, 3.8) is 0 Å². The molecule has 4 rings (SSSR count). The van der Waals surface area contributed by atoms with Gasteiger partial charge in [-0.05, 0) is 43.9 Å². The molecule has 1 aliphatic carbocycles. The van der Waals surface area contributed by atoms with Crippen LogP contribution in [0.2, 0.25) is 5.02 Å². The zero-order valence-electron chi connectivity index (χ0n) is 20.0. The number of piperazine rings is 1. The predicted molar refractivity (Wildman–Crippen MR) is 137 cm³/mol. The predicted octanol–water partition coefficient (Wildman–Crippen LogP) is 2.72. The van der Waals surface area contributed by atoms with E-state index in [2.05, 4.69) is 29.8 Å². The zero-order valence-corrected chi connectivity index (χ0v) is 20.7. The molecule has 2 N–H and O–H groups in total. The van der Waals surface area contributed by atoms with Crippen molar-refractivity contribution in [1.29, 1.82) is 0 Å². The van der Waals surface area contributed by atoms with Crippen LogP contribution in [0.1, 0.15) is 33.6 Å². The number of fused-ring (bicyclic) bond motifs is 1. The number of carbonyl (C=O) groups is 1. The van der Waals surface area contributed by atoms with Gasteiger partial charge in [-0.15, -0.1) is 0 Å². The maximum Gasteiger partial charge on any atom is 0.209 e. The first-order chi connectivity index (χ1) is 16.3. The van der Waals surface area contributed by atoms with Gasteiger partial charge in [0.2, 0.25) is 6.41 Å². The van der Waals surface area contributed by atoms with Crippen molar-refractivity contribution in [3.8, 4) is 17.1 Å². The van der Waals surface area contributed by atoms with Crippen molar-refractivity contribution in [2.24, 2.45) is 5.92 Å². The van der Waals surface area contributed by atoms with Crippen LogP contribution in [-0.4, -0.2) is 63.8 Å². The van der Waals surface area contributed by atoms with E-state index in [1.165, 1.54) is 0 Å². The molecular weight excluding hydrogens is 452 g/mol. The van der Waals surface area contributed by atoms with Gasteiger partial charge in [0.1, 0.15) is 11.6 Å². The van der Waals surface area contributed by atoms with Gasteiger partial charge in [0.25, 0.3) is 0 Å². The summed E-state index contributed by atoms with van der Waals surface area (Å²) in [7, 11) is 0. The van der Waals surface area contributed by atoms with E-state index in [4.69, 9.17) is 21.7 Å². The fourth-order valence-corrected chi connectivity index (χ4v) is 4.27. The van der Waals surface area contributed by atoms with E-state index in [1.54, 1.807) is 23.1 Å². The normalized spacial score (nSPS) is 15.9. The van der Waals surface area contributed by atoms with E-state index in [1.807, 2.05) is 25.2 Å².